The van der Waals surface area contributed by atoms with E-state index in [2.05, 4.69) is 0 Å². The number of aliphatic hydroxyl groups is 1. The van der Waals surface area contributed by atoms with E-state index in [1.807, 2.05) is 42.5 Å². The Balaban J connectivity index is 1.86. The molecule has 3 aromatic rings. The summed E-state index contributed by atoms with van der Waals surface area (Å²) in [6.07, 6.45) is 0.305. The number of hydrogen-bond acceptors (Lipinski definition) is 3. The van der Waals surface area contributed by atoms with E-state index in [1.165, 1.54) is 4.90 Å². The molecule has 1 atom stereocenters. The van der Waals surface area contributed by atoms with Gasteiger partial charge in [0.05, 0.1) is 17.2 Å². The fraction of sp³-hybridized carbons (Fsp3) is 0.143. The van der Waals surface area contributed by atoms with Gasteiger partial charge in [-0.15, -0.1) is 0 Å². The summed E-state index contributed by atoms with van der Waals surface area (Å²) in [5.41, 5.74) is 1.73. The fourth-order valence-corrected chi connectivity index (χ4v) is 3.58. The summed E-state index contributed by atoms with van der Waals surface area (Å²) in [5, 5.41) is 11.6. The fourth-order valence-electron chi connectivity index (χ4n) is 3.58. The first-order valence-corrected chi connectivity index (χ1v) is 8.28. The van der Waals surface area contributed by atoms with Crippen molar-refractivity contribution in [3.8, 4) is 0 Å². The number of nitrogens with zero attached hydrogens (tertiary/aromatic N) is 1. The summed E-state index contributed by atoms with van der Waals surface area (Å²) >= 11 is 0. The molecule has 0 bridgehead atoms. The highest BCUT2D eigenvalue weighted by Gasteiger charge is 2.40. The van der Waals surface area contributed by atoms with E-state index in [0.29, 0.717) is 17.5 Å². The third kappa shape index (κ3) is 2.42. The number of aliphatic hydroxyl groups excluding tert-OH is 1. The Kier molecular flexibility index (Phi) is 3.82. The summed E-state index contributed by atoms with van der Waals surface area (Å²) < 4.78 is 0. The second-order valence-corrected chi connectivity index (χ2v) is 6.12. The van der Waals surface area contributed by atoms with Crippen molar-refractivity contribution in [2.24, 2.45) is 0 Å². The molecule has 0 saturated carbocycles. The maximum atomic E-state index is 12.9. The zero-order valence-corrected chi connectivity index (χ0v) is 13.6. The lowest BCUT2D eigenvalue weighted by Crippen LogP contribution is -2.34. The van der Waals surface area contributed by atoms with Crippen LogP contribution in [0.2, 0.25) is 0 Å². The van der Waals surface area contributed by atoms with Crippen LogP contribution in [0.3, 0.4) is 0 Å². The molecule has 124 valence electrons. The molecule has 0 fully saturated rings. The Hall–Kier alpha value is -2.98. The topological polar surface area (TPSA) is 57.6 Å². The molecule has 1 heterocycles. The summed E-state index contributed by atoms with van der Waals surface area (Å²) in [5.74, 6) is -0.598. The van der Waals surface area contributed by atoms with Gasteiger partial charge in [0.2, 0.25) is 0 Å². The van der Waals surface area contributed by atoms with Crippen LogP contribution in [-0.2, 0) is 0 Å². The number of carbonyl (C=O) groups excluding carboxylic acids is 2. The second kappa shape index (κ2) is 6.15. The number of hydrogen-bond donors (Lipinski definition) is 1. The van der Waals surface area contributed by atoms with E-state index in [4.69, 9.17) is 0 Å². The van der Waals surface area contributed by atoms with Gasteiger partial charge in [0.15, 0.2) is 0 Å². The van der Waals surface area contributed by atoms with Crippen LogP contribution in [0.15, 0.2) is 66.7 Å². The molecule has 1 aliphatic heterocycles. The Morgan fingerprint density at radius 3 is 2.08 bits per heavy atom. The van der Waals surface area contributed by atoms with Crippen LogP contribution in [0, 0.1) is 0 Å². The van der Waals surface area contributed by atoms with Gasteiger partial charge in [0.1, 0.15) is 0 Å². The van der Waals surface area contributed by atoms with E-state index in [1.54, 1.807) is 24.3 Å². The summed E-state index contributed by atoms with van der Waals surface area (Å²) in [4.78, 5) is 27.0. The Morgan fingerprint density at radius 1 is 0.800 bits per heavy atom. The van der Waals surface area contributed by atoms with Crippen molar-refractivity contribution in [2.75, 3.05) is 6.61 Å². The molecule has 0 aromatic heterocycles. The zero-order valence-electron chi connectivity index (χ0n) is 13.6. The van der Waals surface area contributed by atoms with Crippen LogP contribution in [-0.4, -0.2) is 28.4 Å². The average molecular weight is 331 g/mol. The molecular weight excluding hydrogens is 314 g/mol. The molecule has 0 radical (unpaired) electrons. The van der Waals surface area contributed by atoms with Crippen LogP contribution >= 0.6 is 0 Å². The molecule has 4 heteroatoms. The van der Waals surface area contributed by atoms with Gasteiger partial charge < -0.3 is 5.11 Å². The Labute approximate surface area is 145 Å². The van der Waals surface area contributed by atoms with Gasteiger partial charge in [-0.2, -0.15) is 0 Å². The summed E-state index contributed by atoms with van der Waals surface area (Å²) in [7, 11) is 0. The van der Waals surface area contributed by atoms with Gasteiger partial charge in [-0.3, -0.25) is 14.5 Å². The molecule has 1 N–H and O–H groups in total. The molecule has 4 rings (SSSR count). The molecule has 1 unspecified atom stereocenters. The molecule has 0 aliphatic carbocycles. The van der Waals surface area contributed by atoms with Gasteiger partial charge in [0.25, 0.3) is 11.8 Å². The molecule has 4 nitrogen and oxygen atoms in total. The minimum absolute atomic E-state index is 0.110. The molecule has 3 aromatic carbocycles. The van der Waals surface area contributed by atoms with Crippen LogP contribution in [0.5, 0.6) is 0 Å². The van der Waals surface area contributed by atoms with E-state index in [0.717, 1.165) is 16.3 Å². The predicted molar refractivity (Wildman–Crippen MR) is 95.3 cm³/mol. The molecule has 1 aliphatic rings. The third-order valence-corrected chi connectivity index (χ3v) is 4.72. The number of imide groups is 1. The summed E-state index contributed by atoms with van der Waals surface area (Å²) in [6, 6.07) is 20.1. The maximum Gasteiger partial charge on any atom is 0.262 e. The standard InChI is InChI=1S/C21H17NO3/c23-13-12-19(16-11-5-7-14-6-1-2-8-15(14)16)22-20(24)17-9-3-4-10-18(17)21(22)25/h1-11,19,23H,12-13H2. The van der Waals surface area contributed by atoms with Crippen molar-refractivity contribution in [1.29, 1.82) is 0 Å². The average Bonchev–Trinajstić information content (AvgIpc) is 2.91. The van der Waals surface area contributed by atoms with Crippen molar-refractivity contribution in [3.63, 3.8) is 0 Å². The number of amides is 2. The van der Waals surface area contributed by atoms with E-state index in [-0.39, 0.29) is 18.4 Å². The first-order valence-electron chi connectivity index (χ1n) is 8.28. The van der Waals surface area contributed by atoms with Crippen molar-refractivity contribution in [2.45, 2.75) is 12.5 Å². The summed E-state index contributed by atoms with van der Waals surface area (Å²) in [6.45, 7) is -0.110. The predicted octanol–water partition coefficient (Wildman–Crippen LogP) is 3.56. The van der Waals surface area contributed by atoms with Crippen LogP contribution in [0.4, 0.5) is 0 Å². The highest BCUT2D eigenvalue weighted by atomic mass is 16.3. The zero-order chi connectivity index (χ0) is 17.4. The van der Waals surface area contributed by atoms with E-state index >= 15 is 0 Å². The minimum atomic E-state index is -0.497. The van der Waals surface area contributed by atoms with Gasteiger partial charge in [-0.25, -0.2) is 0 Å². The van der Waals surface area contributed by atoms with Gasteiger partial charge >= 0.3 is 0 Å². The first-order chi connectivity index (χ1) is 12.2. The first kappa shape index (κ1) is 15.5. The SMILES string of the molecule is O=C1c2ccccc2C(=O)N1C(CCO)c1cccc2ccccc12. The monoisotopic (exact) mass is 331 g/mol. The van der Waals surface area contributed by atoms with Crippen LogP contribution in [0.1, 0.15) is 38.7 Å². The molecule has 2 amide bonds. The van der Waals surface area contributed by atoms with Gasteiger partial charge in [-0.1, -0.05) is 54.6 Å². The number of carbonyl (C=O) groups is 2. The lowest BCUT2D eigenvalue weighted by atomic mass is 9.95. The number of benzene rings is 3. The normalized spacial score (nSPS) is 14.8. The van der Waals surface area contributed by atoms with Gasteiger partial charge in [0, 0.05) is 6.61 Å². The molecule has 25 heavy (non-hydrogen) atoms. The minimum Gasteiger partial charge on any atom is -0.396 e. The second-order valence-electron chi connectivity index (χ2n) is 6.12. The molecule has 0 saturated heterocycles. The third-order valence-electron chi connectivity index (χ3n) is 4.72. The quantitative estimate of drug-likeness (QED) is 0.744. The van der Waals surface area contributed by atoms with Gasteiger partial charge in [-0.05, 0) is 34.9 Å². The highest BCUT2D eigenvalue weighted by Crippen LogP contribution is 2.36. The van der Waals surface area contributed by atoms with Crippen molar-refractivity contribution >= 4 is 22.6 Å². The van der Waals surface area contributed by atoms with Crippen LogP contribution in [0.25, 0.3) is 10.8 Å². The Bertz CT molecular complexity index is 939. The highest BCUT2D eigenvalue weighted by molar-refractivity contribution is 6.21. The van der Waals surface area contributed by atoms with E-state index < -0.39 is 6.04 Å². The van der Waals surface area contributed by atoms with Crippen molar-refractivity contribution in [3.05, 3.63) is 83.4 Å². The van der Waals surface area contributed by atoms with Crippen molar-refractivity contribution < 1.29 is 14.7 Å². The molecule has 0 spiro atoms. The smallest absolute Gasteiger partial charge is 0.262 e. The van der Waals surface area contributed by atoms with Crippen LogP contribution < -0.4 is 0 Å². The maximum absolute atomic E-state index is 12.9. The number of rotatable bonds is 4. The van der Waals surface area contributed by atoms with E-state index in [9.17, 15) is 14.7 Å². The van der Waals surface area contributed by atoms with Crippen molar-refractivity contribution in [1.82, 2.24) is 4.90 Å². The Morgan fingerprint density at radius 2 is 1.40 bits per heavy atom. The largest absolute Gasteiger partial charge is 0.396 e. The molecular formula is C21H17NO3. The lowest BCUT2D eigenvalue weighted by molar-refractivity contribution is 0.0559. The lowest BCUT2D eigenvalue weighted by Gasteiger charge is -2.27. The number of fused-ring (bicyclic) bond motifs is 2.